The van der Waals surface area contributed by atoms with Gasteiger partial charge in [0.05, 0.1) is 0 Å². The third kappa shape index (κ3) is 3.34. The van der Waals surface area contributed by atoms with Crippen LogP contribution in [0.4, 0.5) is 0 Å². The molecule has 102 valence electrons. The summed E-state index contributed by atoms with van der Waals surface area (Å²) in [6.45, 7) is 12.5. The van der Waals surface area contributed by atoms with Gasteiger partial charge in [0.2, 0.25) is 0 Å². The van der Waals surface area contributed by atoms with Crippen LogP contribution in [0.25, 0.3) is 0 Å². The molecule has 0 radical (unpaired) electrons. The number of piperazine rings is 1. The van der Waals surface area contributed by atoms with E-state index in [1.54, 1.807) is 0 Å². The molecule has 0 spiro atoms. The van der Waals surface area contributed by atoms with Crippen molar-refractivity contribution in [3.63, 3.8) is 0 Å². The van der Waals surface area contributed by atoms with Crippen LogP contribution in [-0.2, 0) is 13.0 Å². The number of hydrogen-bond acceptors (Lipinski definition) is 3. The summed E-state index contributed by atoms with van der Waals surface area (Å²) in [5.74, 6) is 0. The van der Waals surface area contributed by atoms with E-state index in [-0.39, 0.29) is 5.54 Å². The standard InChI is InChI=1S/C15H26N2S/c1-5-12-9-16-15(3,4)11-17(12)10-14-8-7-13(6-2)18-14/h7-8,12,16H,5-6,9-11H2,1-4H3. The van der Waals surface area contributed by atoms with E-state index in [0.717, 1.165) is 26.1 Å². The van der Waals surface area contributed by atoms with Crippen LogP contribution >= 0.6 is 11.3 Å². The van der Waals surface area contributed by atoms with Gasteiger partial charge in [-0.05, 0) is 38.8 Å². The van der Waals surface area contributed by atoms with Gasteiger partial charge < -0.3 is 5.32 Å². The second-order valence-electron chi connectivity index (χ2n) is 5.95. The predicted octanol–water partition coefficient (Wildman–Crippen LogP) is 3.27. The van der Waals surface area contributed by atoms with E-state index in [9.17, 15) is 0 Å². The van der Waals surface area contributed by atoms with Crippen molar-refractivity contribution in [3.05, 3.63) is 21.9 Å². The molecule has 2 nitrogen and oxygen atoms in total. The van der Waals surface area contributed by atoms with Crippen LogP contribution in [0, 0.1) is 0 Å². The molecule has 2 rings (SSSR count). The van der Waals surface area contributed by atoms with Crippen molar-refractivity contribution in [1.29, 1.82) is 0 Å². The van der Waals surface area contributed by atoms with Gasteiger partial charge in [0.1, 0.15) is 0 Å². The Morgan fingerprint density at radius 1 is 1.33 bits per heavy atom. The second kappa shape index (κ2) is 5.72. The van der Waals surface area contributed by atoms with Crippen molar-refractivity contribution in [1.82, 2.24) is 10.2 Å². The third-order valence-corrected chi connectivity index (χ3v) is 5.04. The molecule has 1 atom stereocenters. The van der Waals surface area contributed by atoms with Crippen LogP contribution < -0.4 is 5.32 Å². The highest BCUT2D eigenvalue weighted by molar-refractivity contribution is 7.11. The molecule has 1 saturated heterocycles. The molecule has 18 heavy (non-hydrogen) atoms. The maximum atomic E-state index is 3.65. The Morgan fingerprint density at radius 3 is 2.67 bits per heavy atom. The SMILES string of the molecule is CCc1ccc(CN2CC(C)(C)NCC2CC)s1. The van der Waals surface area contributed by atoms with Gasteiger partial charge in [-0.15, -0.1) is 11.3 Å². The lowest BCUT2D eigenvalue weighted by Crippen LogP contribution is -2.60. The molecule has 3 heteroatoms. The van der Waals surface area contributed by atoms with E-state index in [2.05, 4.69) is 50.0 Å². The third-order valence-electron chi connectivity index (χ3n) is 3.83. The van der Waals surface area contributed by atoms with E-state index < -0.39 is 0 Å². The van der Waals surface area contributed by atoms with Crippen LogP contribution in [0.15, 0.2) is 12.1 Å². The monoisotopic (exact) mass is 266 g/mol. The lowest BCUT2D eigenvalue weighted by atomic mass is 9.97. The summed E-state index contributed by atoms with van der Waals surface area (Å²) in [4.78, 5) is 5.68. The number of aryl methyl sites for hydroxylation is 1. The summed E-state index contributed by atoms with van der Waals surface area (Å²) in [5.41, 5.74) is 0.247. The Balaban J connectivity index is 2.04. The summed E-state index contributed by atoms with van der Waals surface area (Å²) in [5, 5.41) is 3.65. The zero-order valence-electron chi connectivity index (χ0n) is 12.1. The van der Waals surface area contributed by atoms with Crippen LogP contribution in [0.1, 0.15) is 43.9 Å². The molecule has 0 saturated carbocycles. The molecular formula is C15H26N2S. The molecule has 0 aromatic carbocycles. The fourth-order valence-corrected chi connectivity index (χ4v) is 3.68. The minimum Gasteiger partial charge on any atom is -0.309 e. The summed E-state index contributed by atoms with van der Waals surface area (Å²) in [6, 6.07) is 5.28. The van der Waals surface area contributed by atoms with Gasteiger partial charge in [0.25, 0.3) is 0 Å². The normalized spacial score (nSPS) is 24.3. The van der Waals surface area contributed by atoms with E-state index in [4.69, 9.17) is 0 Å². The summed E-state index contributed by atoms with van der Waals surface area (Å²) < 4.78 is 0. The number of rotatable bonds is 4. The number of nitrogens with one attached hydrogen (secondary N) is 1. The molecule has 0 aliphatic carbocycles. The van der Waals surface area contributed by atoms with Crippen molar-refractivity contribution in [2.24, 2.45) is 0 Å². The highest BCUT2D eigenvalue weighted by Gasteiger charge is 2.31. The minimum absolute atomic E-state index is 0.247. The lowest BCUT2D eigenvalue weighted by molar-refractivity contribution is 0.0868. The Hall–Kier alpha value is -0.380. The lowest BCUT2D eigenvalue weighted by Gasteiger charge is -2.44. The molecule has 1 aliphatic heterocycles. The van der Waals surface area contributed by atoms with E-state index in [1.807, 2.05) is 11.3 Å². The Kier molecular flexibility index (Phi) is 4.46. The molecule has 1 aliphatic rings. The molecule has 1 aromatic rings. The molecule has 0 amide bonds. The number of thiophene rings is 1. The summed E-state index contributed by atoms with van der Waals surface area (Å²) in [7, 11) is 0. The van der Waals surface area contributed by atoms with Crippen LogP contribution in [0.2, 0.25) is 0 Å². The zero-order valence-corrected chi connectivity index (χ0v) is 12.9. The van der Waals surface area contributed by atoms with Crippen molar-refractivity contribution >= 4 is 11.3 Å². The summed E-state index contributed by atoms with van der Waals surface area (Å²) >= 11 is 1.98. The van der Waals surface area contributed by atoms with Crippen LogP contribution in [0.3, 0.4) is 0 Å². The first-order valence-electron chi connectivity index (χ1n) is 7.10. The highest BCUT2D eigenvalue weighted by atomic mass is 32.1. The van der Waals surface area contributed by atoms with Gasteiger partial charge in [0, 0.05) is 41.0 Å². The minimum atomic E-state index is 0.247. The predicted molar refractivity (Wildman–Crippen MR) is 80.3 cm³/mol. The van der Waals surface area contributed by atoms with Gasteiger partial charge in [-0.3, -0.25) is 4.90 Å². The zero-order chi connectivity index (χ0) is 13.2. The molecular weight excluding hydrogens is 240 g/mol. The van der Waals surface area contributed by atoms with Crippen molar-refractivity contribution < 1.29 is 0 Å². The quantitative estimate of drug-likeness (QED) is 0.900. The van der Waals surface area contributed by atoms with Gasteiger partial charge in [-0.25, -0.2) is 0 Å². The Labute approximate surface area is 115 Å². The first-order chi connectivity index (χ1) is 8.54. The average molecular weight is 266 g/mol. The molecule has 1 N–H and O–H groups in total. The average Bonchev–Trinajstić information content (AvgIpc) is 2.76. The van der Waals surface area contributed by atoms with E-state index >= 15 is 0 Å². The topological polar surface area (TPSA) is 15.3 Å². The van der Waals surface area contributed by atoms with Crippen molar-refractivity contribution in [2.45, 2.75) is 58.7 Å². The van der Waals surface area contributed by atoms with Gasteiger partial charge in [0.15, 0.2) is 0 Å². The first-order valence-corrected chi connectivity index (χ1v) is 7.92. The Bertz CT molecular complexity index is 384. The fraction of sp³-hybridized carbons (Fsp3) is 0.733. The molecule has 2 heterocycles. The first kappa shape index (κ1) is 14.0. The fourth-order valence-electron chi connectivity index (χ4n) is 2.70. The van der Waals surface area contributed by atoms with Gasteiger partial charge in [-0.1, -0.05) is 13.8 Å². The highest BCUT2D eigenvalue weighted by Crippen LogP contribution is 2.23. The number of nitrogens with zero attached hydrogens (tertiary/aromatic N) is 1. The maximum absolute atomic E-state index is 3.65. The van der Waals surface area contributed by atoms with Crippen LogP contribution in [-0.4, -0.2) is 29.6 Å². The largest absolute Gasteiger partial charge is 0.309 e. The number of hydrogen-bond donors (Lipinski definition) is 1. The van der Waals surface area contributed by atoms with E-state index in [1.165, 1.54) is 16.2 Å². The van der Waals surface area contributed by atoms with Crippen molar-refractivity contribution in [2.75, 3.05) is 13.1 Å². The maximum Gasteiger partial charge on any atom is 0.0332 e. The molecule has 1 unspecified atom stereocenters. The van der Waals surface area contributed by atoms with Gasteiger partial charge in [-0.2, -0.15) is 0 Å². The van der Waals surface area contributed by atoms with E-state index in [0.29, 0.717) is 6.04 Å². The second-order valence-corrected chi connectivity index (χ2v) is 7.21. The van der Waals surface area contributed by atoms with Crippen LogP contribution in [0.5, 0.6) is 0 Å². The molecule has 1 fully saturated rings. The van der Waals surface area contributed by atoms with Crippen molar-refractivity contribution in [3.8, 4) is 0 Å². The molecule has 0 bridgehead atoms. The van der Waals surface area contributed by atoms with Gasteiger partial charge >= 0.3 is 0 Å². The molecule has 1 aromatic heterocycles. The Morgan fingerprint density at radius 2 is 2.06 bits per heavy atom. The smallest absolute Gasteiger partial charge is 0.0332 e. The summed E-state index contributed by atoms with van der Waals surface area (Å²) in [6.07, 6.45) is 2.39.